The number of carbonyl (C=O) groups is 7. The number of hydrogen-bond acceptors (Lipinski definition) is 13. The number of halogens is 1. The number of aromatic nitrogens is 2. The fourth-order valence-electron chi connectivity index (χ4n) is 10.4. The van der Waals surface area contributed by atoms with Gasteiger partial charge in [0, 0.05) is 53.7 Å². The molecule has 21 heteroatoms. The second-order valence-corrected chi connectivity index (χ2v) is 20.1. The van der Waals surface area contributed by atoms with Gasteiger partial charge in [-0.2, -0.15) is 0 Å². The quantitative estimate of drug-likeness (QED) is 0.0498. The van der Waals surface area contributed by atoms with Gasteiger partial charge < -0.3 is 55.4 Å². The average molecular weight is 1080 g/mol. The third-order valence-corrected chi connectivity index (χ3v) is 14.9. The summed E-state index contributed by atoms with van der Waals surface area (Å²) in [4.78, 5) is 113. The van der Waals surface area contributed by atoms with Crippen molar-refractivity contribution < 1.29 is 57.3 Å². The van der Waals surface area contributed by atoms with Crippen LogP contribution in [-0.4, -0.2) is 107 Å². The van der Waals surface area contributed by atoms with Crippen molar-refractivity contribution in [2.24, 2.45) is 5.92 Å². The first-order chi connectivity index (χ1) is 38.0. The summed E-state index contributed by atoms with van der Waals surface area (Å²) in [5.41, 5.74) is 4.38. The summed E-state index contributed by atoms with van der Waals surface area (Å²) in [5, 5.41) is 25.0. The molecule has 0 bridgehead atoms. The number of carbonyl (C=O) groups excluding carboxylic acids is 7. The van der Waals surface area contributed by atoms with Gasteiger partial charge in [0.05, 0.1) is 42.1 Å². The zero-order valence-corrected chi connectivity index (χ0v) is 43.5. The van der Waals surface area contributed by atoms with Crippen LogP contribution in [-0.2, 0) is 74.7 Å². The summed E-state index contributed by atoms with van der Waals surface area (Å²) in [6, 6.07) is 27.3. The molecule has 2 aromatic heterocycles. The molecule has 6 N–H and O–H groups in total. The van der Waals surface area contributed by atoms with Crippen LogP contribution in [0.4, 0.5) is 9.18 Å². The lowest BCUT2D eigenvalue weighted by molar-refractivity contribution is -0.172. The van der Waals surface area contributed by atoms with Gasteiger partial charge in [-0.1, -0.05) is 85.8 Å². The Morgan fingerprint density at radius 2 is 1.53 bits per heavy atom. The normalized spacial score (nSPS) is 16.4. The van der Waals surface area contributed by atoms with Crippen LogP contribution in [0.15, 0.2) is 102 Å². The van der Waals surface area contributed by atoms with Crippen LogP contribution in [0, 0.1) is 18.7 Å². The lowest BCUT2D eigenvalue weighted by Crippen LogP contribution is -2.52. The van der Waals surface area contributed by atoms with Crippen LogP contribution in [0.1, 0.15) is 76.8 Å². The van der Waals surface area contributed by atoms with E-state index >= 15 is 4.39 Å². The van der Waals surface area contributed by atoms with E-state index in [-0.39, 0.29) is 55.1 Å². The van der Waals surface area contributed by atoms with E-state index in [1.807, 2.05) is 48.5 Å². The highest BCUT2D eigenvalue weighted by Crippen LogP contribution is 2.46. The highest BCUT2D eigenvalue weighted by atomic mass is 19.1. The summed E-state index contributed by atoms with van der Waals surface area (Å²) in [6.07, 6.45) is -1.04. The van der Waals surface area contributed by atoms with Crippen molar-refractivity contribution in [1.82, 2.24) is 41.0 Å². The largest absolute Gasteiger partial charge is 0.458 e. The molecular formula is C58H57FN8O12. The topological polar surface area (TPSA) is 266 Å². The van der Waals surface area contributed by atoms with Crippen molar-refractivity contribution in [1.29, 1.82) is 0 Å². The fourth-order valence-corrected chi connectivity index (χ4v) is 10.4. The number of esters is 1. The van der Waals surface area contributed by atoms with Crippen molar-refractivity contribution in [3.63, 3.8) is 0 Å². The van der Waals surface area contributed by atoms with Crippen LogP contribution < -0.4 is 32.1 Å². The minimum absolute atomic E-state index is 0.0370. The zero-order valence-electron chi connectivity index (χ0n) is 43.5. The molecule has 3 atom stereocenters. The monoisotopic (exact) mass is 1080 g/mol. The molecule has 1 saturated carbocycles. The maximum atomic E-state index is 15.1. The second kappa shape index (κ2) is 22.3. The molecule has 6 amide bonds. The molecule has 408 valence electrons. The third-order valence-electron chi connectivity index (χ3n) is 14.9. The predicted molar refractivity (Wildman–Crippen MR) is 283 cm³/mol. The fraction of sp³-hybridized carbons (Fsp3) is 0.328. The number of cyclic esters (lactones) is 1. The van der Waals surface area contributed by atoms with Crippen molar-refractivity contribution in [3.05, 3.63) is 158 Å². The van der Waals surface area contributed by atoms with E-state index in [1.165, 1.54) is 17.7 Å². The summed E-state index contributed by atoms with van der Waals surface area (Å²) in [7, 11) is 1.40. The number of fused-ring (bicyclic) bond motifs is 8. The Labute approximate surface area is 452 Å². The number of pyridine rings is 2. The van der Waals surface area contributed by atoms with E-state index < -0.39 is 103 Å². The van der Waals surface area contributed by atoms with Gasteiger partial charge in [0.1, 0.15) is 37.8 Å². The molecule has 0 spiro atoms. The van der Waals surface area contributed by atoms with Crippen LogP contribution in [0.5, 0.6) is 0 Å². The van der Waals surface area contributed by atoms with Crippen molar-refractivity contribution >= 4 is 52.5 Å². The van der Waals surface area contributed by atoms with Gasteiger partial charge >= 0.3 is 12.1 Å². The highest BCUT2D eigenvalue weighted by molar-refractivity contribution is 5.94. The number of ether oxygens (including phenoxy) is 3. The third kappa shape index (κ3) is 10.9. The van der Waals surface area contributed by atoms with Crippen molar-refractivity contribution in [3.8, 4) is 22.5 Å². The van der Waals surface area contributed by atoms with Gasteiger partial charge in [0.25, 0.3) is 5.56 Å². The molecule has 2 aliphatic heterocycles. The van der Waals surface area contributed by atoms with E-state index in [9.17, 15) is 43.5 Å². The lowest BCUT2D eigenvalue weighted by Gasteiger charge is -2.31. The Hall–Kier alpha value is -8.82. The number of likely N-dealkylation sites (N-methyl/N-ethyl adjacent to an activating group) is 1. The highest BCUT2D eigenvalue weighted by Gasteiger charge is 2.46. The predicted octanol–water partition coefficient (Wildman–Crippen LogP) is 3.81. The minimum atomic E-state index is -2.05. The molecular weight excluding hydrogens is 1020 g/mol. The number of benzene rings is 4. The van der Waals surface area contributed by atoms with Gasteiger partial charge in [-0.3, -0.25) is 28.8 Å². The zero-order chi connectivity index (χ0) is 55.7. The Morgan fingerprint density at radius 3 is 2.23 bits per heavy atom. The van der Waals surface area contributed by atoms with Crippen molar-refractivity contribution in [2.75, 3.05) is 33.4 Å². The van der Waals surface area contributed by atoms with Gasteiger partial charge in [-0.15, -0.1) is 0 Å². The average Bonchev–Trinajstić information content (AvgIpc) is 4.17. The molecule has 2 aliphatic carbocycles. The molecule has 10 rings (SSSR count). The first-order valence-corrected chi connectivity index (χ1v) is 25.9. The first kappa shape index (κ1) is 53.6. The van der Waals surface area contributed by atoms with Crippen LogP contribution >= 0.6 is 0 Å². The Kier molecular flexibility index (Phi) is 15.1. The SMILES string of the molecule is CC[C@@]1(O)C(=O)OCc2c1cc1n(c2=O)Cc2c-1nc1cc(F)c(C)cc1c2CNC(=O)[C@H](OCNC(=O)CNC(=O)[C@H](Cc1ccccc1)NC(=O)CNC(=O)CN(C)C(=O)OC1c2ccccc2-c2ccccc21)C1CC1. The summed E-state index contributed by atoms with van der Waals surface area (Å²) < 4.78 is 33.5. The maximum Gasteiger partial charge on any atom is 0.410 e. The summed E-state index contributed by atoms with van der Waals surface area (Å²) in [5.74, 6) is -4.74. The lowest BCUT2D eigenvalue weighted by atomic mass is 9.86. The molecule has 0 saturated heterocycles. The van der Waals surface area contributed by atoms with Crippen LogP contribution in [0.2, 0.25) is 0 Å². The number of nitrogens with zero attached hydrogens (tertiary/aromatic N) is 3. The molecule has 4 aliphatic rings. The molecule has 4 aromatic carbocycles. The number of nitrogens with one attached hydrogen (secondary N) is 5. The molecule has 0 radical (unpaired) electrons. The van der Waals surface area contributed by atoms with E-state index in [0.717, 1.165) is 27.2 Å². The molecule has 6 aromatic rings. The molecule has 20 nitrogen and oxygen atoms in total. The van der Waals surface area contributed by atoms with Gasteiger partial charge in [0.15, 0.2) is 11.7 Å². The standard InChI is InChI=1S/C58H57FN8O12/c1-4-58(76)42-22-46-50-40(27-67(46)55(73)41(42)29-77-56(58)74)39(38-20-31(2)43(59)23-44(38)65-50)24-61-54(72)51(33-18-19-33)78-30-63-47(68)25-62-53(71)45(21-32-12-6-5-7-13-32)64-48(69)26-60-49(70)28-66(3)57(75)79-52-36-16-10-8-14-34(36)35-15-9-11-17-37(35)52/h5-17,20,22-23,33,45,51-52,76H,4,18-19,21,24-30H2,1-3H3,(H,60,70)(H,61,72)(H,62,71)(H,63,68)(H,64,69)/t45-,51+,58-/m0/s1. The van der Waals surface area contributed by atoms with Crippen LogP contribution in [0.25, 0.3) is 33.4 Å². The first-order valence-electron chi connectivity index (χ1n) is 25.9. The summed E-state index contributed by atoms with van der Waals surface area (Å²) >= 11 is 0. The number of hydrogen-bond donors (Lipinski definition) is 6. The summed E-state index contributed by atoms with van der Waals surface area (Å²) in [6.45, 7) is 0.979. The number of aliphatic hydroxyl groups is 1. The Bertz CT molecular complexity index is 3490. The second-order valence-electron chi connectivity index (χ2n) is 20.1. The maximum absolute atomic E-state index is 15.1. The van der Waals surface area contributed by atoms with Gasteiger partial charge in [-0.05, 0) is 72.1 Å². The van der Waals surface area contributed by atoms with E-state index in [2.05, 4.69) is 26.6 Å². The van der Waals surface area contributed by atoms with E-state index in [4.69, 9.17) is 19.2 Å². The number of aryl methyl sites for hydroxylation is 1. The van der Waals surface area contributed by atoms with Crippen LogP contribution in [0.3, 0.4) is 0 Å². The van der Waals surface area contributed by atoms with Crippen molar-refractivity contribution in [2.45, 2.75) is 83.1 Å². The smallest absolute Gasteiger partial charge is 0.410 e. The molecule has 79 heavy (non-hydrogen) atoms. The number of rotatable bonds is 19. The molecule has 0 unspecified atom stereocenters. The molecule has 4 heterocycles. The van der Waals surface area contributed by atoms with Gasteiger partial charge in [0.2, 0.25) is 29.5 Å². The Balaban J connectivity index is 0.726. The van der Waals surface area contributed by atoms with E-state index in [1.54, 1.807) is 56.3 Å². The van der Waals surface area contributed by atoms with Gasteiger partial charge in [-0.25, -0.2) is 19.0 Å². The molecule has 1 fully saturated rings. The Morgan fingerprint density at radius 1 is 0.848 bits per heavy atom. The minimum Gasteiger partial charge on any atom is -0.458 e. The number of amides is 6. The van der Waals surface area contributed by atoms with E-state index in [0.29, 0.717) is 51.9 Å².